The van der Waals surface area contributed by atoms with E-state index >= 15 is 0 Å². The molecule has 21 heavy (non-hydrogen) atoms. The molecule has 0 aromatic heterocycles. The number of ether oxygens (including phenoxy) is 1. The average Bonchev–Trinajstić information content (AvgIpc) is 2.43. The van der Waals surface area contributed by atoms with Crippen molar-refractivity contribution in [2.45, 2.75) is 18.7 Å². The van der Waals surface area contributed by atoms with Gasteiger partial charge in [0.25, 0.3) is 0 Å². The zero-order valence-corrected chi connectivity index (χ0v) is 12.7. The summed E-state index contributed by atoms with van der Waals surface area (Å²) in [6.07, 6.45) is 0. The number of aryl methyl sites for hydroxylation is 1. The van der Waals surface area contributed by atoms with E-state index in [-0.39, 0.29) is 16.4 Å². The Morgan fingerprint density at radius 3 is 2.38 bits per heavy atom. The van der Waals surface area contributed by atoms with Gasteiger partial charge in [0.05, 0.1) is 7.11 Å². The van der Waals surface area contributed by atoms with Crippen LogP contribution in [-0.4, -0.2) is 15.5 Å². The lowest BCUT2D eigenvalue weighted by molar-refractivity contribution is 0.385. The minimum atomic E-state index is -4.10. The number of methoxy groups -OCH3 is 1. The normalized spacial score (nSPS) is 11.2. The number of halogens is 1. The van der Waals surface area contributed by atoms with Crippen molar-refractivity contribution in [2.75, 3.05) is 7.11 Å². The van der Waals surface area contributed by atoms with Crippen LogP contribution in [0.4, 0.5) is 4.39 Å². The first-order chi connectivity index (χ1) is 9.85. The van der Waals surface area contributed by atoms with E-state index in [4.69, 9.17) is 8.92 Å². The van der Waals surface area contributed by atoms with Gasteiger partial charge in [0.2, 0.25) is 0 Å². The standard InChI is InChI=1S/C15H15FO4S/c1-10-5-4-6-14(11(10)2)20-21(17,18)12-7-8-15(19-3)13(16)9-12/h4-9H,1-3H3. The quantitative estimate of drug-likeness (QED) is 0.814. The van der Waals surface area contributed by atoms with Crippen molar-refractivity contribution in [3.05, 3.63) is 53.3 Å². The van der Waals surface area contributed by atoms with Gasteiger partial charge < -0.3 is 8.92 Å². The van der Waals surface area contributed by atoms with Gasteiger partial charge in [-0.2, -0.15) is 8.42 Å². The van der Waals surface area contributed by atoms with Crippen molar-refractivity contribution in [1.29, 1.82) is 0 Å². The third-order valence-electron chi connectivity index (χ3n) is 3.17. The van der Waals surface area contributed by atoms with Crippen LogP contribution in [0.15, 0.2) is 41.3 Å². The van der Waals surface area contributed by atoms with E-state index in [1.165, 1.54) is 19.2 Å². The lowest BCUT2D eigenvalue weighted by Gasteiger charge is -2.11. The molecular weight excluding hydrogens is 295 g/mol. The molecule has 0 saturated carbocycles. The van der Waals surface area contributed by atoms with Gasteiger partial charge in [-0.05, 0) is 49.2 Å². The summed E-state index contributed by atoms with van der Waals surface area (Å²) in [5.74, 6) is -0.560. The molecule has 2 aromatic rings. The topological polar surface area (TPSA) is 52.6 Å². The third kappa shape index (κ3) is 3.16. The molecule has 0 N–H and O–H groups in total. The van der Waals surface area contributed by atoms with Crippen LogP contribution >= 0.6 is 0 Å². The Bertz CT molecular complexity index is 769. The van der Waals surface area contributed by atoms with E-state index in [0.717, 1.165) is 17.2 Å². The second kappa shape index (κ2) is 5.73. The molecule has 0 aliphatic rings. The van der Waals surface area contributed by atoms with Gasteiger partial charge in [0.1, 0.15) is 10.6 Å². The van der Waals surface area contributed by atoms with Gasteiger partial charge in [-0.25, -0.2) is 4.39 Å². The zero-order chi connectivity index (χ0) is 15.6. The first kappa shape index (κ1) is 15.3. The number of rotatable bonds is 4. The van der Waals surface area contributed by atoms with Crippen LogP contribution in [0.2, 0.25) is 0 Å². The van der Waals surface area contributed by atoms with Gasteiger partial charge >= 0.3 is 10.1 Å². The minimum absolute atomic E-state index is 0.0271. The molecule has 0 amide bonds. The van der Waals surface area contributed by atoms with E-state index in [0.29, 0.717) is 0 Å². The van der Waals surface area contributed by atoms with Gasteiger partial charge in [0, 0.05) is 0 Å². The maximum absolute atomic E-state index is 13.6. The Balaban J connectivity index is 2.39. The lowest BCUT2D eigenvalue weighted by Crippen LogP contribution is -2.11. The minimum Gasteiger partial charge on any atom is -0.494 e. The predicted octanol–water partition coefficient (Wildman–Crippen LogP) is 3.22. The SMILES string of the molecule is COc1ccc(S(=O)(=O)Oc2cccc(C)c2C)cc1F. The summed E-state index contributed by atoms with van der Waals surface area (Å²) in [4.78, 5) is -0.262. The summed E-state index contributed by atoms with van der Waals surface area (Å²) >= 11 is 0. The maximum atomic E-state index is 13.6. The van der Waals surface area contributed by atoms with Gasteiger partial charge in [-0.15, -0.1) is 0 Å². The lowest BCUT2D eigenvalue weighted by atomic mass is 10.1. The van der Waals surface area contributed by atoms with Crippen LogP contribution in [-0.2, 0) is 10.1 Å². The van der Waals surface area contributed by atoms with Crippen molar-refractivity contribution >= 4 is 10.1 Å². The predicted molar refractivity (Wildman–Crippen MR) is 76.7 cm³/mol. The maximum Gasteiger partial charge on any atom is 0.339 e. The Morgan fingerprint density at radius 1 is 1.05 bits per heavy atom. The van der Waals surface area contributed by atoms with Crippen LogP contribution < -0.4 is 8.92 Å². The number of hydrogen-bond acceptors (Lipinski definition) is 4. The van der Waals surface area contributed by atoms with Crippen molar-refractivity contribution in [2.24, 2.45) is 0 Å². The van der Waals surface area contributed by atoms with Crippen LogP contribution in [0.25, 0.3) is 0 Å². The molecule has 0 radical (unpaired) electrons. The van der Waals surface area contributed by atoms with E-state index < -0.39 is 15.9 Å². The van der Waals surface area contributed by atoms with E-state index in [1.54, 1.807) is 19.1 Å². The number of hydrogen-bond donors (Lipinski definition) is 0. The molecule has 0 bridgehead atoms. The van der Waals surface area contributed by atoms with Crippen molar-refractivity contribution in [3.63, 3.8) is 0 Å². The Hall–Kier alpha value is -2.08. The Labute approximate surface area is 123 Å². The molecule has 112 valence electrons. The third-order valence-corrected chi connectivity index (χ3v) is 4.40. The molecule has 0 saturated heterocycles. The second-order valence-corrected chi connectivity index (χ2v) is 6.08. The van der Waals surface area contributed by atoms with Crippen LogP contribution in [0.3, 0.4) is 0 Å². The highest BCUT2D eigenvalue weighted by atomic mass is 32.2. The highest BCUT2D eigenvalue weighted by molar-refractivity contribution is 7.87. The highest BCUT2D eigenvalue weighted by Crippen LogP contribution is 2.26. The molecular formula is C15H15FO4S. The second-order valence-electron chi connectivity index (χ2n) is 4.53. The zero-order valence-electron chi connectivity index (χ0n) is 11.9. The smallest absolute Gasteiger partial charge is 0.339 e. The van der Waals surface area contributed by atoms with Crippen molar-refractivity contribution in [3.8, 4) is 11.5 Å². The summed E-state index contributed by atoms with van der Waals surface area (Å²) < 4.78 is 47.8. The monoisotopic (exact) mass is 310 g/mol. The fourth-order valence-corrected chi connectivity index (χ4v) is 2.78. The Kier molecular flexibility index (Phi) is 4.18. The van der Waals surface area contributed by atoms with E-state index in [2.05, 4.69) is 0 Å². The van der Waals surface area contributed by atoms with Crippen LogP contribution in [0.1, 0.15) is 11.1 Å². The summed E-state index contributed by atoms with van der Waals surface area (Å²) in [6, 6.07) is 8.46. The fraction of sp³-hybridized carbons (Fsp3) is 0.200. The van der Waals surface area contributed by atoms with E-state index in [9.17, 15) is 12.8 Å². The van der Waals surface area contributed by atoms with Crippen LogP contribution in [0.5, 0.6) is 11.5 Å². The average molecular weight is 310 g/mol. The molecule has 0 atom stereocenters. The molecule has 2 rings (SSSR count). The molecule has 0 heterocycles. The molecule has 0 aliphatic heterocycles. The largest absolute Gasteiger partial charge is 0.494 e. The summed E-state index contributed by atoms with van der Waals surface area (Å²) in [6.45, 7) is 3.61. The van der Waals surface area contributed by atoms with Gasteiger partial charge in [0.15, 0.2) is 11.6 Å². The first-order valence-electron chi connectivity index (χ1n) is 6.19. The molecule has 0 unspecified atom stereocenters. The highest BCUT2D eigenvalue weighted by Gasteiger charge is 2.20. The molecule has 0 fully saturated rings. The number of benzene rings is 2. The van der Waals surface area contributed by atoms with Crippen LogP contribution in [0, 0.1) is 19.7 Å². The summed E-state index contributed by atoms with van der Waals surface area (Å²) in [7, 11) is -2.79. The molecule has 0 aliphatic carbocycles. The van der Waals surface area contributed by atoms with Gasteiger partial charge in [-0.3, -0.25) is 0 Å². The Morgan fingerprint density at radius 2 is 1.76 bits per heavy atom. The molecule has 2 aromatic carbocycles. The van der Waals surface area contributed by atoms with E-state index in [1.807, 2.05) is 13.0 Å². The first-order valence-corrected chi connectivity index (χ1v) is 7.60. The molecule has 4 nitrogen and oxygen atoms in total. The fourth-order valence-electron chi connectivity index (χ4n) is 1.78. The summed E-state index contributed by atoms with van der Waals surface area (Å²) in [5.41, 5.74) is 1.62. The molecule has 6 heteroatoms. The van der Waals surface area contributed by atoms with Crippen molar-refractivity contribution < 1.29 is 21.7 Å². The van der Waals surface area contributed by atoms with Crippen molar-refractivity contribution in [1.82, 2.24) is 0 Å². The molecule has 0 spiro atoms. The summed E-state index contributed by atoms with van der Waals surface area (Å²) in [5, 5.41) is 0. The van der Waals surface area contributed by atoms with Gasteiger partial charge in [-0.1, -0.05) is 12.1 Å².